The first kappa shape index (κ1) is 13.2. The molecule has 0 fully saturated rings. The van der Waals surface area contributed by atoms with Crippen molar-refractivity contribution in [3.63, 3.8) is 0 Å². The molecule has 96 valence electrons. The Hall–Kier alpha value is -1.23. The molecule has 1 amide bonds. The third-order valence-electron chi connectivity index (χ3n) is 2.76. The molecular formula is C12H16N4OSe. The monoisotopic (exact) mass is 312 g/mol. The number of carbonyl (C=O) groups is 1. The number of amides is 1. The SMILES string of the molecule is CC(C)(C)[C@@H](N)C(=O)Nc1cccc2c1N=[Se]=N2. The number of nitrogens with two attached hydrogens (primary N) is 1. The van der Waals surface area contributed by atoms with Crippen molar-refractivity contribution >= 4 is 37.5 Å². The zero-order valence-electron chi connectivity index (χ0n) is 10.6. The fourth-order valence-corrected chi connectivity index (χ4v) is 2.66. The standard InChI is InChI=1S/C12H16N4OSe/c1-12(2,3)10(13)11(17)14-7-5-4-6-8-9(7)16-18-15-8/h4-6,10H,13H2,1-3H3,(H,14,17)/t10-/m0/s1. The zero-order chi connectivity index (χ0) is 13.3. The normalized spacial score (nSPS) is 14.9. The molecule has 0 aliphatic carbocycles. The Balaban J connectivity index is 2.19. The average Bonchev–Trinajstić information content (AvgIpc) is 2.75. The molecule has 1 aromatic rings. The second-order valence-electron chi connectivity index (χ2n) is 5.27. The van der Waals surface area contributed by atoms with E-state index in [9.17, 15) is 4.79 Å². The van der Waals surface area contributed by atoms with Gasteiger partial charge in [0.15, 0.2) is 0 Å². The number of fused-ring (bicyclic) bond motifs is 1. The summed E-state index contributed by atoms with van der Waals surface area (Å²) in [5.41, 5.74) is 7.96. The third kappa shape index (κ3) is 2.61. The van der Waals surface area contributed by atoms with E-state index in [1.54, 1.807) is 0 Å². The number of nitrogens with one attached hydrogen (secondary N) is 1. The van der Waals surface area contributed by atoms with Crippen molar-refractivity contribution in [1.82, 2.24) is 0 Å². The Morgan fingerprint density at radius 3 is 2.78 bits per heavy atom. The van der Waals surface area contributed by atoms with Crippen LogP contribution in [-0.4, -0.2) is 26.5 Å². The van der Waals surface area contributed by atoms with Gasteiger partial charge in [0.05, 0.1) is 0 Å². The van der Waals surface area contributed by atoms with E-state index in [4.69, 9.17) is 5.73 Å². The molecule has 0 saturated heterocycles. The van der Waals surface area contributed by atoms with Gasteiger partial charge in [-0.2, -0.15) is 0 Å². The van der Waals surface area contributed by atoms with E-state index in [1.807, 2.05) is 39.0 Å². The molecule has 1 aliphatic rings. The van der Waals surface area contributed by atoms with Crippen molar-refractivity contribution in [2.75, 3.05) is 5.32 Å². The fourth-order valence-electron chi connectivity index (χ4n) is 1.51. The molecule has 0 unspecified atom stereocenters. The van der Waals surface area contributed by atoms with Crippen molar-refractivity contribution in [2.45, 2.75) is 26.8 Å². The molecule has 0 aromatic heterocycles. The van der Waals surface area contributed by atoms with Crippen LogP contribution < -0.4 is 11.1 Å². The van der Waals surface area contributed by atoms with Crippen LogP contribution in [0.25, 0.3) is 0 Å². The summed E-state index contributed by atoms with van der Waals surface area (Å²) in [7, 11) is 0. The molecule has 1 atom stereocenters. The molecule has 0 bridgehead atoms. The summed E-state index contributed by atoms with van der Waals surface area (Å²) in [4.78, 5) is 12.1. The molecule has 0 radical (unpaired) electrons. The number of anilines is 1. The summed E-state index contributed by atoms with van der Waals surface area (Å²) in [6.07, 6.45) is 0. The molecule has 3 N–H and O–H groups in total. The van der Waals surface area contributed by atoms with Gasteiger partial charge in [-0.15, -0.1) is 0 Å². The summed E-state index contributed by atoms with van der Waals surface area (Å²) in [5, 5.41) is 2.84. The first-order valence-corrected chi connectivity index (χ1v) is 7.20. The van der Waals surface area contributed by atoms with Crippen LogP contribution in [0.15, 0.2) is 26.1 Å². The van der Waals surface area contributed by atoms with Crippen LogP contribution in [0.3, 0.4) is 0 Å². The number of hydrogen-bond acceptors (Lipinski definition) is 4. The van der Waals surface area contributed by atoms with Crippen LogP contribution in [-0.2, 0) is 4.79 Å². The number of hydrogen-bond donors (Lipinski definition) is 2. The zero-order valence-corrected chi connectivity index (χ0v) is 12.3. The summed E-state index contributed by atoms with van der Waals surface area (Å²) in [6.45, 7) is 5.82. The van der Waals surface area contributed by atoms with Crippen molar-refractivity contribution in [2.24, 2.45) is 19.1 Å². The van der Waals surface area contributed by atoms with Crippen molar-refractivity contribution in [3.8, 4) is 0 Å². The number of rotatable bonds is 2. The predicted octanol–water partition coefficient (Wildman–Crippen LogP) is 2.35. The van der Waals surface area contributed by atoms with Crippen LogP contribution in [0.1, 0.15) is 20.8 Å². The molecule has 0 spiro atoms. The van der Waals surface area contributed by atoms with Gasteiger partial charge >= 0.3 is 112 Å². The maximum atomic E-state index is 12.1. The second kappa shape index (κ2) is 4.80. The van der Waals surface area contributed by atoms with Crippen molar-refractivity contribution < 1.29 is 4.79 Å². The van der Waals surface area contributed by atoms with Gasteiger partial charge in [0.1, 0.15) is 0 Å². The summed E-state index contributed by atoms with van der Waals surface area (Å²) >= 11 is -0.102. The fraction of sp³-hybridized carbons (Fsp3) is 0.417. The summed E-state index contributed by atoms with van der Waals surface area (Å²) in [6, 6.07) is 5.02. The number of nitrogens with zero attached hydrogens (tertiary/aromatic N) is 2. The number of carbonyl (C=O) groups excluding carboxylic acids is 1. The molecule has 1 aromatic carbocycles. The minimum atomic E-state index is -0.558. The van der Waals surface area contributed by atoms with Crippen LogP contribution in [0.4, 0.5) is 17.1 Å². The van der Waals surface area contributed by atoms with Gasteiger partial charge in [-0.1, -0.05) is 0 Å². The predicted molar refractivity (Wildman–Crippen MR) is 72.4 cm³/mol. The molecular weight excluding hydrogens is 295 g/mol. The van der Waals surface area contributed by atoms with Gasteiger partial charge in [0, 0.05) is 0 Å². The first-order valence-electron chi connectivity index (χ1n) is 5.67. The topological polar surface area (TPSA) is 79.8 Å². The Morgan fingerprint density at radius 1 is 1.39 bits per heavy atom. The van der Waals surface area contributed by atoms with Gasteiger partial charge in [-0.3, -0.25) is 0 Å². The molecule has 6 heteroatoms. The van der Waals surface area contributed by atoms with Crippen molar-refractivity contribution in [3.05, 3.63) is 18.2 Å². The third-order valence-corrected chi connectivity index (χ3v) is 3.90. The van der Waals surface area contributed by atoms with Crippen LogP contribution in [0, 0.1) is 5.41 Å². The Labute approximate surface area is 112 Å². The van der Waals surface area contributed by atoms with E-state index >= 15 is 0 Å². The molecule has 0 saturated carbocycles. The summed E-state index contributed by atoms with van der Waals surface area (Å²) < 4.78 is 8.59. The maximum absolute atomic E-state index is 12.1. The van der Waals surface area contributed by atoms with E-state index in [1.165, 1.54) is 0 Å². The molecule has 1 aliphatic heterocycles. The average molecular weight is 311 g/mol. The van der Waals surface area contributed by atoms with Gasteiger partial charge in [-0.25, -0.2) is 0 Å². The van der Waals surface area contributed by atoms with E-state index < -0.39 is 6.04 Å². The quantitative estimate of drug-likeness (QED) is 0.835. The van der Waals surface area contributed by atoms with Gasteiger partial charge in [0.25, 0.3) is 0 Å². The summed E-state index contributed by atoms with van der Waals surface area (Å²) in [5.74, 6) is -0.189. The second-order valence-corrected chi connectivity index (χ2v) is 6.38. The van der Waals surface area contributed by atoms with Crippen molar-refractivity contribution in [1.29, 1.82) is 0 Å². The molecule has 2 rings (SSSR count). The number of benzene rings is 1. The Bertz CT molecular complexity index is 556. The van der Waals surface area contributed by atoms with Crippen LogP contribution in [0.5, 0.6) is 0 Å². The molecule has 5 nitrogen and oxygen atoms in total. The Kier molecular flexibility index (Phi) is 3.52. The van der Waals surface area contributed by atoms with E-state index in [-0.39, 0.29) is 25.9 Å². The van der Waals surface area contributed by atoms with Gasteiger partial charge in [-0.05, 0) is 0 Å². The van der Waals surface area contributed by atoms with Crippen LogP contribution >= 0.6 is 0 Å². The van der Waals surface area contributed by atoms with Gasteiger partial charge < -0.3 is 0 Å². The van der Waals surface area contributed by atoms with E-state index in [0.717, 1.165) is 11.4 Å². The van der Waals surface area contributed by atoms with Gasteiger partial charge in [0.2, 0.25) is 0 Å². The van der Waals surface area contributed by atoms with E-state index in [0.29, 0.717) is 5.69 Å². The molecule has 1 heterocycles. The Morgan fingerprint density at radius 2 is 2.11 bits per heavy atom. The first-order chi connectivity index (χ1) is 8.39. The van der Waals surface area contributed by atoms with E-state index in [2.05, 4.69) is 13.2 Å². The molecule has 18 heavy (non-hydrogen) atoms. The van der Waals surface area contributed by atoms with Crippen LogP contribution in [0.2, 0.25) is 0 Å². The minimum absolute atomic E-state index is 0.102.